The topological polar surface area (TPSA) is 74.7 Å². The van der Waals surface area contributed by atoms with Crippen LogP contribution in [0.1, 0.15) is 51.5 Å². The molecule has 27 heavy (non-hydrogen) atoms. The smallest absolute Gasteiger partial charge is 0.271 e. The van der Waals surface area contributed by atoms with Crippen LogP contribution in [-0.2, 0) is 4.43 Å². The SMILES string of the molecule is CC(C)CC(NC(=O)c1csc(N2CC(O)C2)n1)C(O[SiH](C)C)C(C)(C)C. The molecular weight excluding hydrogens is 378 g/mol. The Hall–Kier alpha value is -0.963. The predicted molar refractivity (Wildman–Crippen MR) is 114 cm³/mol. The largest absolute Gasteiger partial charge is 0.415 e. The Bertz CT molecular complexity index is 624. The quantitative estimate of drug-likeness (QED) is 0.641. The molecule has 1 saturated heterocycles. The lowest BCUT2D eigenvalue weighted by Crippen LogP contribution is -2.52. The summed E-state index contributed by atoms with van der Waals surface area (Å²) >= 11 is 1.45. The van der Waals surface area contributed by atoms with Gasteiger partial charge in [-0.2, -0.15) is 0 Å². The number of aliphatic hydroxyl groups is 1. The van der Waals surface area contributed by atoms with E-state index in [1.54, 1.807) is 5.38 Å². The number of carbonyl (C=O) groups is 1. The Labute approximate surface area is 169 Å². The van der Waals surface area contributed by atoms with Gasteiger partial charge in [0.15, 0.2) is 14.2 Å². The highest BCUT2D eigenvalue weighted by atomic mass is 32.1. The monoisotopic (exact) mass is 413 g/mol. The number of aromatic nitrogens is 1. The number of β-amino-alcohol motifs (C(OH)–C–C–N with tert-alkyl or cyclic N) is 1. The molecule has 1 aromatic rings. The zero-order valence-corrected chi connectivity index (χ0v) is 19.6. The van der Waals surface area contributed by atoms with E-state index in [-0.39, 0.29) is 29.6 Å². The highest BCUT2D eigenvalue weighted by Gasteiger charge is 2.35. The van der Waals surface area contributed by atoms with E-state index in [4.69, 9.17) is 4.43 Å². The van der Waals surface area contributed by atoms with Crippen molar-refractivity contribution >= 4 is 31.4 Å². The van der Waals surface area contributed by atoms with Crippen molar-refractivity contribution in [3.05, 3.63) is 11.1 Å². The first-order chi connectivity index (χ1) is 12.5. The molecule has 8 heteroatoms. The average molecular weight is 414 g/mol. The first-order valence-electron chi connectivity index (χ1n) is 9.82. The van der Waals surface area contributed by atoms with Crippen LogP contribution in [0.5, 0.6) is 0 Å². The fourth-order valence-corrected chi connectivity index (χ4v) is 5.34. The van der Waals surface area contributed by atoms with Crippen LogP contribution in [0.4, 0.5) is 5.13 Å². The van der Waals surface area contributed by atoms with Gasteiger partial charge in [0, 0.05) is 18.5 Å². The molecule has 2 rings (SSSR count). The van der Waals surface area contributed by atoms with E-state index in [0.717, 1.165) is 11.6 Å². The van der Waals surface area contributed by atoms with E-state index in [1.807, 2.05) is 4.90 Å². The zero-order chi connectivity index (χ0) is 20.4. The van der Waals surface area contributed by atoms with E-state index in [0.29, 0.717) is 24.7 Å². The van der Waals surface area contributed by atoms with Crippen LogP contribution in [0.15, 0.2) is 5.38 Å². The fourth-order valence-electron chi connectivity index (χ4n) is 3.33. The molecule has 0 aromatic carbocycles. The highest BCUT2D eigenvalue weighted by Crippen LogP contribution is 2.29. The zero-order valence-electron chi connectivity index (χ0n) is 17.7. The maximum absolute atomic E-state index is 12.9. The number of anilines is 1. The van der Waals surface area contributed by atoms with Crippen LogP contribution < -0.4 is 10.2 Å². The van der Waals surface area contributed by atoms with Gasteiger partial charge in [-0.05, 0) is 30.8 Å². The molecule has 0 spiro atoms. The molecule has 2 atom stereocenters. The number of rotatable bonds is 8. The number of carbonyl (C=O) groups excluding carboxylic acids is 1. The number of thiazole rings is 1. The third-order valence-electron chi connectivity index (χ3n) is 4.54. The molecule has 1 aliphatic heterocycles. The van der Waals surface area contributed by atoms with Gasteiger partial charge in [-0.1, -0.05) is 34.6 Å². The molecule has 2 unspecified atom stereocenters. The van der Waals surface area contributed by atoms with Crippen LogP contribution in [0, 0.1) is 11.3 Å². The van der Waals surface area contributed by atoms with E-state index < -0.39 is 9.04 Å². The van der Waals surface area contributed by atoms with Crippen molar-refractivity contribution in [3.63, 3.8) is 0 Å². The van der Waals surface area contributed by atoms with E-state index in [1.165, 1.54) is 11.3 Å². The molecule has 1 fully saturated rings. The average Bonchev–Trinajstić information content (AvgIpc) is 2.96. The lowest BCUT2D eigenvalue weighted by Gasteiger charge is -2.39. The Morgan fingerprint density at radius 3 is 2.56 bits per heavy atom. The van der Waals surface area contributed by atoms with Crippen molar-refractivity contribution in [2.45, 2.75) is 72.4 Å². The molecule has 0 bridgehead atoms. The minimum atomic E-state index is -1.26. The van der Waals surface area contributed by atoms with Crippen LogP contribution in [0.2, 0.25) is 13.1 Å². The van der Waals surface area contributed by atoms with Crippen molar-refractivity contribution in [3.8, 4) is 0 Å². The summed E-state index contributed by atoms with van der Waals surface area (Å²) in [6.07, 6.45) is 0.551. The van der Waals surface area contributed by atoms with Crippen LogP contribution >= 0.6 is 11.3 Å². The first kappa shape index (κ1) is 22.3. The van der Waals surface area contributed by atoms with Crippen LogP contribution in [0.25, 0.3) is 0 Å². The fraction of sp³-hybridized carbons (Fsp3) is 0.789. The molecule has 0 radical (unpaired) electrons. The number of aliphatic hydroxyl groups excluding tert-OH is 1. The van der Waals surface area contributed by atoms with Gasteiger partial charge in [0.2, 0.25) is 0 Å². The van der Waals surface area contributed by atoms with Crippen LogP contribution in [0.3, 0.4) is 0 Å². The van der Waals surface area contributed by atoms with Crippen molar-refractivity contribution in [2.75, 3.05) is 18.0 Å². The highest BCUT2D eigenvalue weighted by molar-refractivity contribution is 7.14. The summed E-state index contributed by atoms with van der Waals surface area (Å²) in [5, 5.41) is 15.3. The van der Waals surface area contributed by atoms with Gasteiger partial charge in [-0.3, -0.25) is 4.79 Å². The minimum absolute atomic E-state index is 0.0286. The first-order valence-corrected chi connectivity index (χ1v) is 13.5. The molecule has 2 N–H and O–H groups in total. The normalized spacial score (nSPS) is 17.9. The second-order valence-corrected chi connectivity index (χ2v) is 12.5. The predicted octanol–water partition coefficient (Wildman–Crippen LogP) is 2.88. The molecular formula is C19H35N3O3SSi. The van der Waals surface area contributed by atoms with E-state index in [9.17, 15) is 9.90 Å². The van der Waals surface area contributed by atoms with Gasteiger partial charge in [0.05, 0.1) is 18.2 Å². The third-order valence-corrected chi connectivity index (χ3v) is 6.28. The van der Waals surface area contributed by atoms with Gasteiger partial charge in [-0.15, -0.1) is 11.3 Å². The standard InChI is InChI=1S/C19H35N3O3SSi/c1-12(2)8-14(16(19(3,4)5)25-27(6)7)20-17(24)15-11-26-18(21-15)22-9-13(23)10-22/h11-14,16,23,27H,8-10H2,1-7H3,(H,20,24). The van der Waals surface area contributed by atoms with Gasteiger partial charge in [0.25, 0.3) is 5.91 Å². The molecule has 2 heterocycles. The van der Waals surface area contributed by atoms with Crippen molar-refractivity contribution in [1.29, 1.82) is 0 Å². The lowest BCUT2D eigenvalue weighted by molar-refractivity contribution is 0.0402. The number of nitrogens with zero attached hydrogens (tertiary/aromatic N) is 2. The van der Waals surface area contributed by atoms with Gasteiger partial charge >= 0.3 is 0 Å². The molecule has 1 aliphatic rings. The van der Waals surface area contributed by atoms with Crippen molar-refractivity contribution in [2.24, 2.45) is 11.3 Å². The summed E-state index contributed by atoms with van der Waals surface area (Å²) in [5.74, 6) is 0.304. The second-order valence-electron chi connectivity index (χ2n) is 9.26. The summed E-state index contributed by atoms with van der Waals surface area (Å²) in [7, 11) is -1.26. The molecule has 1 aromatic heterocycles. The van der Waals surface area contributed by atoms with Crippen LogP contribution in [-0.4, -0.2) is 56.4 Å². The minimum Gasteiger partial charge on any atom is -0.415 e. The third kappa shape index (κ3) is 6.27. The summed E-state index contributed by atoms with van der Waals surface area (Å²) < 4.78 is 6.37. The summed E-state index contributed by atoms with van der Waals surface area (Å²) in [4.78, 5) is 19.3. The van der Waals surface area contributed by atoms with E-state index in [2.05, 4.69) is 58.0 Å². The lowest BCUT2D eigenvalue weighted by atomic mass is 9.82. The molecule has 6 nitrogen and oxygen atoms in total. The van der Waals surface area contributed by atoms with Crippen molar-refractivity contribution < 1.29 is 14.3 Å². The summed E-state index contributed by atoms with van der Waals surface area (Å²) in [5.41, 5.74) is 0.380. The number of hydrogen-bond acceptors (Lipinski definition) is 6. The summed E-state index contributed by atoms with van der Waals surface area (Å²) in [6, 6.07) is -0.0524. The molecule has 1 amide bonds. The summed E-state index contributed by atoms with van der Waals surface area (Å²) in [6.45, 7) is 16.4. The van der Waals surface area contributed by atoms with Gasteiger partial charge in [0.1, 0.15) is 5.69 Å². The molecule has 0 aliphatic carbocycles. The Kier molecular flexibility index (Phi) is 7.46. The van der Waals surface area contributed by atoms with Crippen molar-refractivity contribution in [1.82, 2.24) is 10.3 Å². The maximum atomic E-state index is 12.9. The molecule has 154 valence electrons. The van der Waals surface area contributed by atoms with E-state index >= 15 is 0 Å². The number of nitrogens with one attached hydrogen (secondary N) is 1. The second kappa shape index (κ2) is 9.02. The number of amides is 1. The maximum Gasteiger partial charge on any atom is 0.271 e. The van der Waals surface area contributed by atoms with Gasteiger partial charge < -0.3 is 19.7 Å². The Balaban J connectivity index is 2.13. The van der Waals surface area contributed by atoms with Gasteiger partial charge in [-0.25, -0.2) is 4.98 Å². The molecule has 0 saturated carbocycles. The Morgan fingerprint density at radius 1 is 1.44 bits per heavy atom. The number of hydrogen-bond donors (Lipinski definition) is 2. The Morgan fingerprint density at radius 2 is 2.07 bits per heavy atom.